The lowest BCUT2D eigenvalue weighted by Crippen LogP contribution is -2.38. The molecule has 0 bridgehead atoms. The first-order valence-corrected chi connectivity index (χ1v) is 12.7. The highest BCUT2D eigenvalue weighted by Crippen LogP contribution is 2.18. The van der Waals surface area contributed by atoms with E-state index in [-0.39, 0.29) is 11.2 Å². The summed E-state index contributed by atoms with van der Waals surface area (Å²) < 4.78 is 10.5. The second kappa shape index (κ2) is 12.2. The third-order valence-electron chi connectivity index (χ3n) is 6.82. The molecule has 0 fully saturated rings. The minimum atomic E-state index is -0.367. The van der Waals surface area contributed by atoms with E-state index in [1.165, 1.54) is 11.6 Å². The molecule has 1 aromatic carbocycles. The molecule has 0 saturated carbocycles. The number of rotatable bonds is 13. The molecule has 0 spiro atoms. The van der Waals surface area contributed by atoms with Gasteiger partial charge >= 0.3 is 5.69 Å². The molecule has 0 aliphatic carbocycles. The molecule has 0 aliphatic heterocycles. The largest absolute Gasteiger partial charge is 0.492 e. The zero-order chi connectivity index (χ0) is 25.5. The molecule has 0 amide bonds. The minimum Gasteiger partial charge on any atom is -0.492 e. The van der Waals surface area contributed by atoms with Crippen molar-refractivity contribution >= 4 is 11.2 Å². The number of fused-ring (bicyclic) bond motifs is 1. The van der Waals surface area contributed by atoms with Crippen LogP contribution < -0.4 is 16.0 Å². The van der Waals surface area contributed by atoms with Crippen molar-refractivity contribution in [3.8, 4) is 5.75 Å². The smallest absolute Gasteiger partial charge is 0.332 e. The van der Waals surface area contributed by atoms with Crippen LogP contribution in [0.2, 0.25) is 0 Å². The molecule has 2 aromatic heterocycles. The SMILES string of the molecule is CCN(CC)CCOc1ccc(Cc2nc3c(c(=O)n(C)c(=O)n3C)n2CCN(CC)CC)cc1. The van der Waals surface area contributed by atoms with Gasteiger partial charge in [-0.1, -0.05) is 39.8 Å². The number of imidazole rings is 1. The van der Waals surface area contributed by atoms with E-state index in [0.717, 1.165) is 61.0 Å². The van der Waals surface area contributed by atoms with Crippen molar-refractivity contribution in [2.75, 3.05) is 45.9 Å². The van der Waals surface area contributed by atoms with Gasteiger partial charge in [0.25, 0.3) is 5.56 Å². The van der Waals surface area contributed by atoms with Gasteiger partial charge in [-0.3, -0.25) is 13.9 Å². The number of likely N-dealkylation sites (N-methyl/N-ethyl adjacent to an activating group) is 2. The van der Waals surface area contributed by atoms with E-state index >= 15 is 0 Å². The normalized spacial score (nSPS) is 11.8. The predicted molar refractivity (Wildman–Crippen MR) is 141 cm³/mol. The molecular formula is C26H40N6O3. The maximum atomic E-state index is 13.1. The standard InChI is InChI=1S/C26H40N6O3/c1-7-30(8-2)15-16-32-22(27-24-23(32)25(33)29(6)26(34)28(24)5)19-20-11-13-21(14-12-20)35-18-17-31(9-3)10-4/h11-14H,7-10,15-19H2,1-6H3. The first-order chi connectivity index (χ1) is 16.8. The Kier molecular flexibility index (Phi) is 9.28. The van der Waals surface area contributed by atoms with Gasteiger partial charge in [-0.05, 0) is 43.9 Å². The van der Waals surface area contributed by atoms with Crippen LogP contribution in [0, 0.1) is 0 Å². The van der Waals surface area contributed by atoms with Crippen molar-refractivity contribution in [2.24, 2.45) is 14.1 Å². The minimum absolute atomic E-state index is 0.307. The van der Waals surface area contributed by atoms with Gasteiger partial charge in [0, 0.05) is 40.2 Å². The molecule has 0 radical (unpaired) electrons. The van der Waals surface area contributed by atoms with Crippen LogP contribution in [0.3, 0.4) is 0 Å². The zero-order valence-electron chi connectivity index (χ0n) is 22.1. The average Bonchev–Trinajstić information content (AvgIpc) is 3.23. The van der Waals surface area contributed by atoms with Crippen molar-refractivity contribution in [1.29, 1.82) is 0 Å². The lowest BCUT2D eigenvalue weighted by molar-refractivity contribution is 0.223. The Hall–Kier alpha value is -2.91. The van der Waals surface area contributed by atoms with E-state index in [2.05, 4.69) is 37.5 Å². The maximum absolute atomic E-state index is 13.1. The second-order valence-corrected chi connectivity index (χ2v) is 8.78. The third-order valence-corrected chi connectivity index (χ3v) is 6.82. The monoisotopic (exact) mass is 484 g/mol. The van der Waals surface area contributed by atoms with Crippen molar-refractivity contribution in [3.63, 3.8) is 0 Å². The summed E-state index contributed by atoms with van der Waals surface area (Å²) in [7, 11) is 3.18. The first kappa shape index (κ1) is 26.7. The van der Waals surface area contributed by atoms with Gasteiger partial charge in [-0.2, -0.15) is 0 Å². The molecule has 0 saturated heterocycles. The molecule has 0 N–H and O–H groups in total. The zero-order valence-corrected chi connectivity index (χ0v) is 22.1. The number of hydrogen-bond donors (Lipinski definition) is 0. The van der Waals surface area contributed by atoms with Crippen LogP contribution >= 0.6 is 0 Å². The van der Waals surface area contributed by atoms with E-state index < -0.39 is 0 Å². The van der Waals surface area contributed by atoms with Crippen molar-refractivity contribution in [1.82, 2.24) is 28.5 Å². The topological polar surface area (TPSA) is 77.5 Å². The Morgan fingerprint density at radius 2 is 1.46 bits per heavy atom. The molecule has 0 unspecified atom stereocenters. The summed E-state index contributed by atoms with van der Waals surface area (Å²) in [6.07, 6.45) is 0.560. The second-order valence-electron chi connectivity index (χ2n) is 8.78. The highest BCUT2D eigenvalue weighted by atomic mass is 16.5. The Bertz CT molecular complexity index is 1220. The van der Waals surface area contributed by atoms with Gasteiger partial charge < -0.3 is 19.1 Å². The molecule has 9 heteroatoms. The number of benzene rings is 1. The fraction of sp³-hybridized carbons (Fsp3) is 0.577. The number of aryl methyl sites for hydroxylation is 1. The molecule has 2 heterocycles. The molecule has 3 rings (SSSR count). The van der Waals surface area contributed by atoms with Crippen LogP contribution in [0.1, 0.15) is 39.1 Å². The van der Waals surface area contributed by atoms with Crippen molar-refractivity contribution in [2.45, 2.75) is 40.7 Å². The van der Waals surface area contributed by atoms with Crippen molar-refractivity contribution in [3.05, 3.63) is 56.5 Å². The fourth-order valence-corrected chi connectivity index (χ4v) is 4.37. The molecule has 0 atom stereocenters. The summed E-state index contributed by atoms with van der Waals surface area (Å²) in [5.74, 6) is 1.62. The summed E-state index contributed by atoms with van der Waals surface area (Å²) >= 11 is 0. The summed E-state index contributed by atoms with van der Waals surface area (Å²) in [6, 6.07) is 8.04. The van der Waals surface area contributed by atoms with E-state index in [1.54, 1.807) is 7.05 Å². The van der Waals surface area contributed by atoms with E-state index in [9.17, 15) is 9.59 Å². The number of hydrogen-bond acceptors (Lipinski definition) is 6. The number of nitrogens with zero attached hydrogens (tertiary/aromatic N) is 6. The lowest BCUT2D eigenvalue weighted by atomic mass is 10.1. The summed E-state index contributed by atoms with van der Waals surface area (Å²) in [5.41, 5.74) is 1.31. The molecule has 9 nitrogen and oxygen atoms in total. The molecule has 0 aliphatic rings. The molecule has 3 aromatic rings. The third kappa shape index (κ3) is 6.02. The van der Waals surface area contributed by atoms with Crippen LogP contribution in [-0.2, 0) is 27.1 Å². The van der Waals surface area contributed by atoms with Gasteiger partial charge in [0.15, 0.2) is 11.2 Å². The highest BCUT2D eigenvalue weighted by molar-refractivity contribution is 5.71. The molecule has 192 valence electrons. The first-order valence-electron chi connectivity index (χ1n) is 12.7. The van der Waals surface area contributed by atoms with Crippen LogP contribution in [0.4, 0.5) is 0 Å². The van der Waals surface area contributed by atoms with Crippen LogP contribution in [0.25, 0.3) is 11.2 Å². The van der Waals surface area contributed by atoms with Crippen LogP contribution in [0.15, 0.2) is 33.9 Å². The highest BCUT2D eigenvalue weighted by Gasteiger charge is 2.19. The van der Waals surface area contributed by atoms with E-state index in [1.807, 2.05) is 28.8 Å². The van der Waals surface area contributed by atoms with Crippen molar-refractivity contribution < 1.29 is 4.74 Å². The van der Waals surface area contributed by atoms with Gasteiger partial charge in [0.1, 0.15) is 18.2 Å². The summed E-state index contributed by atoms with van der Waals surface area (Å²) in [5, 5.41) is 0. The lowest BCUT2D eigenvalue weighted by Gasteiger charge is -2.19. The number of aromatic nitrogens is 4. The Morgan fingerprint density at radius 3 is 2.06 bits per heavy atom. The summed E-state index contributed by atoms with van der Waals surface area (Å²) in [4.78, 5) is 35.0. The number of ether oxygens (including phenoxy) is 1. The van der Waals surface area contributed by atoms with Gasteiger partial charge in [-0.25, -0.2) is 9.78 Å². The fourth-order valence-electron chi connectivity index (χ4n) is 4.37. The van der Waals surface area contributed by atoms with Gasteiger partial charge in [0.2, 0.25) is 0 Å². The van der Waals surface area contributed by atoms with E-state index in [4.69, 9.17) is 9.72 Å². The summed E-state index contributed by atoms with van der Waals surface area (Å²) in [6.45, 7) is 15.5. The van der Waals surface area contributed by atoms with Crippen LogP contribution in [0.5, 0.6) is 5.75 Å². The Balaban J connectivity index is 1.88. The van der Waals surface area contributed by atoms with Gasteiger partial charge in [-0.15, -0.1) is 0 Å². The molecule has 35 heavy (non-hydrogen) atoms. The Morgan fingerprint density at radius 1 is 0.857 bits per heavy atom. The van der Waals surface area contributed by atoms with Gasteiger partial charge in [0.05, 0.1) is 0 Å². The Labute approximate surface area is 207 Å². The molecular weight excluding hydrogens is 444 g/mol. The quantitative estimate of drug-likeness (QED) is 0.370. The van der Waals surface area contributed by atoms with Crippen LogP contribution in [-0.4, -0.2) is 74.4 Å². The van der Waals surface area contributed by atoms with E-state index in [0.29, 0.717) is 30.7 Å². The maximum Gasteiger partial charge on any atom is 0.332 e. The average molecular weight is 485 g/mol. The predicted octanol–water partition coefficient (Wildman–Crippen LogP) is 2.09.